The summed E-state index contributed by atoms with van der Waals surface area (Å²) in [6.07, 6.45) is 0.745. The van der Waals surface area contributed by atoms with Crippen LogP contribution in [0.4, 0.5) is 0 Å². The van der Waals surface area contributed by atoms with Gasteiger partial charge in [0.15, 0.2) is 0 Å². The lowest BCUT2D eigenvalue weighted by Gasteiger charge is -2.21. The fraction of sp³-hybridized carbons (Fsp3) is 0.571. The maximum Gasteiger partial charge on any atom is 0.141 e. The molecule has 1 rings (SSSR count). The summed E-state index contributed by atoms with van der Waals surface area (Å²) in [4.78, 5) is 0. The smallest absolute Gasteiger partial charge is 0.141 e. The van der Waals surface area contributed by atoms with Gasteiger partial charge in [0.05, 0.1) is 19.2 Å². The average molecular weight is 288 g/mol. The molecule has 1 aromatic carbocycles. The van der Waals surface area contributed by atoms with Crippen LogP contribution in [0.15, 0.2) is 12.1 Å². The predicted octanol–water partition coefficient (Wildman–Crippen LogP) is 2.10. The van der Waals surface area contributed by atoms with Gasteiger partial charge in [0.2, 0.25) is 0 Å². The lowest BCUT2D eigenvalue weighted by atomic mass is 9.88. The predicted molar refractivity (Wildman–Crippen MR) is 77.1 cm³/mol. The summed E-state index contributed by atoms with van der Waals surface area (Å²) >= 11 is 6.13. The Morgan fingerprint density at radius 2 is 1.89 bits per heavy atom. The van der Waals surface area contributed by atoms with E-state index in [4.69, 9.17) is 26.8 Å². The van der Waals surface area contributed by atoms with E-state index in [-0.39, 0.29) is 18.4 Å². The summed E-state index contributed by atoms with van der Waals surface area (Å²) in [5.74, 6) is 1.65. The van der Waals surface area contributed by atoms with E-state index >= 15 is 0 Å². The van der Waals surface area contributed by atoms with Gasteiger partial charge in [-0.15, -0.1) is 0 Å². The molecule has 108 valence electrons. The topological polar surface area (TPSA) is 64.7 Å². The van der Waals surface area contributed by atoms with Crippen molar-refractivity contribution in [2.24, 2.45) is 17.6 Å². The first-order valence-electron chi connectivity index (χ1n) is 6.28. The van der Waals surface area contributed by atoms with Gasteiger partial charge in [-0.05, 0) is 36.4 Å². The van der Waals surface area contributed by atoms with Gasteiger partial charge in [-0.3, -0.25) is 0 Å². The molecule has 1 aromatic rings. The number of nitrogens with two attached hydrogens (primary N) is 1. The van der Waals surface area contributed by atoms with Crippen LogP contribution in [0, 0.1) is 11.8 Å². The normalized spacial score (nSPS) is 14.0. The molecule has 0 aromatic heterocycles. The van der Waals surface area contributed by atoms with Crippen LogP contribution in [0.2, 0.25) is 5.02 Å². The first-order valence-corrected chi connectivity index (χ1v) is 6.66. The number of halogens is 1. The Morgan fingerprint density at radius 3 is 2.37 bits per heavy atom. The van der Waals surface area contributed by atoms with E-state index in [0.29, 0.717) is 17.3 Å². The quantitative estimate of drug-likeness (QED) is 0.806. The van der Waals surface area contributed by atoms with Gasteiger partial charge < -0.3 is 20.3 Å². The molecule has 4 nitrogen and oxygen atoms in total. The van der Waals surface area contributed by atoms with Crippen LogP contribution < -0.4 is 15.2 Å². The van der Waals surface area contributed by atoms with Crippen LogP contribution in [-0.4, -0.2) is 32.5 Å². The largest absolute Gasteiger partial charge is 0.496 e. The zero-order chi connectivity index (χ0) is 14.4. The van der Waals surface area contributed by atoms with Gasteiger partial charge >= 0.3 is 0 Å². The van der Waals surface area contributed by atoms with Gasteiger partial charge in [0.25, 0.3) is 0 Å². The Hall–Kier alpha value is -0.970. The lowest BCUT2D eigenvalue weighted by molar-refractivity contribution is 0.186. The molecular weight excluding hydrogens is 266 g/mol. The zero-order valence-corrected chi connectivity index (χ0v) is 12.4. The number of aliphatic hydroxyl groups is 1. The number of hydrogen-bond donors (Lipinski definition) is 2. The van der Waals surface area contributed by atoms with Crippen molar-refractivity contribution in [2.45, 2.75) is 13.3 Å². The molecule has 0 saturated heterocycles. The molecule has 0 radical (unpaired) electrons. The molecule has 2 unspecified atom stereocenters. The number of hydrogen-bond acceptors (Lipinski definition) is 4. The van der Waals surface area contributed by atoms with Crippen molar-refractivity contribution in [1.29, 1.82) is 0 Å². The highest BCUT2D eigenvalue weighted by atomic mass is 35.5. The van der Waals surface area contributed by atoms with E-state index in [2.05, 4.69) is 6.92 Å². The minimum absolute atomic E-state index is 0.0746. The van der Waals surface area contributed by atoms with E-state index in [0.717, 1.165) is 17.7 Å². The number of ether oxygens (including phenoxy) is 2. The number of benzene rings is 1. The third kappa shape index (κ3) is 4.00. The Bertz CT molecular complexity index is 408. The second-order valence-electron chi connectivity index (χ2n) is 4.66. The van der Waals surface area contributed by atoms with Gasteiger partial charge in [-0.2, -0.15) is 0 Å². The van der Waals surface area contributed by atoms with Crippen LogP contribution in [0.1, 0.15) is 12.5 Å². The molecule has 0 saturated carbocycles. The molecule has 0 aliphatic heterocycles. The molecular formula is C14H22ClNO3. The molecule has 0 aliphatic rings. The molecule has 0 aliphatic carbocycles. The first-order chi connectivity index (χ1) is 9.07. The standard InChI is InChI=1S/C14H22ClNO3/c1-9(11(7-16)8-17)4-10-5-12(15)14(19-3)6-13(10)18-2/h5-6,9,11,17H,4,7-8,16H2,1-3H3. The lowest BCUT2D eigenvalue weighted by Crippen LogP contribution is -2.26. The third-order valence-corrected chi connectivity index (χ3v) is 3.73. The van der Waals surface area contributed by atoms with Crippen molar-refractivity contribution in [3.63, 3.8) is 0 Å². The SMILES string of the molecule is COc1cc(OC)c(CC(C)C(CN)CO)cc1Cl. The molecule has 0 heterocycles. The van der Waals surface area contributed by atoms with Crippen molar-refractivity contribution >= 4 is 11.6 Å². The maximum absolute atomic E-state index is 9.28. The molecule has 19 heavy (non-hydrogen) atoms. The number of rotatable bonds is 7. The van der Waals surface area contributed by atoms with Crippen molar-refractivity contribution in [2.75, 3.05) is 27.4 Å². The Kier molecular flexibility index (Phi) is 6.42. The van der Waals surface area contributed by atoms with Crippen molar-refractivity contribution < 1.29 is 14.6 Å². The van der Waals surface area contributed by atoms with Crippen molar-refractivity contribution in [3.8, 4) is 11.5 Å². The monoisotopic (exact) mass is 287 g/mol. The Labute approximate surface area is 119 Å². The fourth-order valence-electron chi connectivity index (χ4n) is 2.08. The highest BCUT2D eigenvalue weighted by Crippen LogP contribution is 2.34. The van der Waals surface area contributed by atoms with E-state index in [1.807, 2.05) is 6.07 Å². The number of aliphatic hydroxyl groups excluding tert-OH is 1. The summed E-state index contributed by atoms with van der Waals surface area (Å²) in [6, 6.07) is 3.63. The summed E-state index contributed by atoms with van der Waals surface area (Å²) in [7, 11) is 3.18. The minimum Gasteiger partial charge on any atom is -0.496 e. The molecule has 5 heteroatoms. The minimum atomic E-state index is 0.0746. The molecule has 0 spiro atoms. The van der Waals surface area contributed by atoms with Crippen LogP contribution in [0.3, 0.4) is 0 Å². The second-order valence-corrected chi connectivity index (χ2v) is 5.07. The highest BCUT2D eigenvalue weighted by molar-refractivity contribution is 6.32. The maximum atomic E-state index is 9.28. The van der Waals surface area contributed by atoms with Gasteiger partial charge in [-0.1, -0.05) is 18.5 Å². The fourth-order valence-corrected chi connectivity index (χ4v) is 2.35. The third-order valence-electron chi connectivity index (χ3n) is 3.44. The van der Waals surface area contributed by atoms with E-state index < -0.39 is 0 Å². The van der Waals surface area contributed by atoms with Crippen molar-refractivity contribution in [1.82, 2.24) is 0 Å². The van der Waals surface area contributed by atoms with Gasteiger partial charge in [0.1, 0.15) is 11.5 Å². The molecule has 2 atom stereocenters. The van der Waals surface area contributed by atoms with E-state index in [1.165, 1.54) is 0 Å². The van der Waals surface area contributed by atoms with Crippen LogP contribution in [0.25, 0.3) is 0 Å². The summed E-state index contributed by atoms with van der Waals surface area (Å²) in [6.45, 7) is 2.61. The van der Waals surface area contributed by atoms with Gasteiger partial charge in [-0.25, -0.2) is 0 Å². The Balaban J connectivity index is 2.96. The second kappa shape index (κ2) is 7.58. The van der Waals surface area contributed by atoms with Crippen LogP contribution in [0.5, 0.6) is 11.5 Å². The summed E-state index contributed by atoms with van der Waals surface area (Å²) < 4.78 is 10.5. The molecule has 0 fully saturated rings. The Morgan fingerprint density at radius 1 is 1.26 bits per heavy atom. The van der Waals surface area contributed by atoms with Crippen LogP contribution in [-0.2, 0) is 6.42 Å². The van der Waals surface area contributed by atoms with Crippen LogP contribution >= 0.6 is 11.6 Å². The average Bonchev–Trinajstić information content (AvgIpc) is 2.40. The van der Waals surface area contributed by atoms with E-state index in [9.17, 15) is 5.11 Å². The summed E-state index contributed by atoms with van der Waals surface area (Å²) in [5.41, 5.74) is 6.64. The van der Waals surface area contributed by atoms with E-state index in [1.54, 1.807) is 20.3 Å². The molecule has 0 amide bonds. The van der Waals surface area contributed by atoms with Gasteiger partial charge in [0, 0.05) is 12.7 Å². The van der Waals surface area contributed by atoms with Crippen molar-refractivity contribution in [3.05, 3.63) is 22.7 Å². The molecule has 3 N–H and O–H groups in total. The summed E-state index contributed by atoms with van der Waals surface area (Å²) in [5, 5.41) is 9.83. The number of methoxy groups -OCH3 is 2. The molecule has 0 bridgehead atoms. The zero-order valence-electron chi connectivity index (χ0n) is 11.6. The highest BCUT2D eigenvalue weighted by Gasteiger charge is 2.18. The first kappa shape index (κ1) is 16.1.